The molecule has 6 atom stereocenters. The Labute approximate surface area is 86.5 Å². The van der Waals surface area contributed by atoms with Crippen molar-refractivity contribution in [2.45, 2.75) is 34.1 Å². The molecular weight excluding hydrogens is 296 g/mol. The number of halogens is 2. The summed E-state index contributed by atoms with van der Waals surface area (Å²) in [6.45, 7) is 0. The topological polar surface area (TPSA) is 80.9 Å². The first-order valence-corrected chi connectivity index (χ1v) is 5.30. The van der Waals surface area contributed by atoms with Crippen LogP contribution in [0, 0.1) is 0 Å². The molecule has 1 aliphatic carbocycles. The minimum Gasteiger partial charge on any atom is -0.389 e. The van der Waals surface area contributed by atoms with Gasteiger partial charge in [0, 0.05) is 0 Å². The zero-order valence-electron chi connectivity index (χ0n) is 6.01. The summed E-state index contributed by atoms with van der Waals surface area (Å²) in [5.41, 5.74) is 0. The third-order valence-corrected chi connectivity index (χ3v) is 4.94. The predicted octanol–water partition coefficient (Wildman–Crippen LogP) is -1.03. The van der Waals surface area contributed by atoms with Gasteiger partial charge in [-0.05, 0) is 0 Å². The van der Waals surface area contributed by atoms with Crippen molar-refractivity contribution in [3.63, 3.8) is 0 Å². The van der Waals surface area contributed by atoms with Crippen LogP contribution in [0.15, 0.2) is 0 Å². The molecular formula is C6H10Br2O4. The average molecular weight is 306 g/mol. The van der Waals surface area contributed by atoms with Crippen LogP contribution in [0.5, 0.6) is 0 Å². The maximum Gasteiger partial charge on any atom is 0.109 e. The highest BCUT2D eigenvalue weighted by atomic mass is 79.9. The van der Waals surface area contributed by atoms with Crippen LogP contribution in [0.25, 0.3) is 0 Å². The first kappa shape index (κ1) is 10.9. The molecule has 0 aromatic carbocycles. The average Bonchev–Trinajstić information content (AvgIpc) is 2.08. The second-order valence-corrected chi connectivity index (χ2v) is 4.97. The Morgan fingerprint density at radius 3 is 1.08 bits per heavy atom. The number of aliphatic hydroxyl groups excluding tert-OH is 4. The number of alkyl halides is 2. The van der Waals surface area contributed by atoms with E-state index < -0.39 is 34.1 Å². The van der Waals surface area contributed by atoms with E-state index in [-0.39, 0.29) is 0 Å². The second-order valence-electron chi connectivity index (χ2n) is 2.85. The van der Waals surface area contributed by atoms with Crippen LogP contribution in [0.2, 0.25) is 0 Å². The summed E-state index contributed by atoms with van der Waals surface area (Å²) in [5.74, 6) is 0. The Morgan fingerprint density at radius 2 is 0.833 bits per heavy atom. The van der Waals surface area contributed by atoms with Crippen molar-refractivity contribution in [2.75, 3.05) is 0 Å². The zero-order chi connectivity index (χ0) is 9.46. The summed E-state index contributed by atoms with van der Waals surface area (Å²) in [6.07, 6.45) is -4.77. The van der Waals surface area contributed by atoms with Crippen LogP contribution in [-0.4, -0.2) is 54.5 Å². The van der Waals surface area contributed by atoms with E-state index in [4.69, 9.17) is 0 Å². The third-order valence-electron chi connectivity index (χ3n) is 2.01. The number of hydrogen-bond donors (Lipinski definition) is 4. The standard InChI is InChI=1S/C6H10Br2O4/c7-1-2(8)4(10)6(12)5(11)3(1)9/h1-6,9-12H/t1-,2-,3+,4+,5+,6+/m0/s1. The lowest BCUT2D eigenvalue weighted by Crippen LogP contribution is -2.59. The molecule has 0 amide bonds. The van der Waals surface area contributed by atoms with Gasteiger partial charge in [-0.3, -0.25) is 0 Å². The molecule has 0 radical (unpaired) electrons. The van der Waals surface area contributed by atoms with Gasteiger partial charge in [-0.2, -0.15) is 0 Å². The van der Waals surface area contributed by atoms with Gasteiger partial charge < -0.3 is 20.4 Å². The summed E-state index contributed by atoms with van der Waals surface area (Å²) < 4.78 is 0. The highest BCUT2D eigenvalue weighted by molar-refractivity contribution is 9.12. The van der Waals surface area contributed by atoms with Crippen molar-refractivity contribution in [1.29, 1.82) is 0 Å². The molecule has 4 nitrogen and oxygen atoms in total. The van der Waals surface area contributed by atoms with Gasteiger partial charge in [0.05, 0.1) is 21.9 Å². The molecule has 0 spiro atoms. The fourth-order valence-electron chi connectivity index (χ4n) is 1.16. The lowest BCUT2D eigenvalue weighted by Gasteiger charge is -2.39. The first-order valence-electron chi connectivity index (χ1n) is 3.47. The minimum absolute atomic E-state index is 0.467. The number of aliphatic hydroxyl groups is 4. The van der Waals surface area contributed by atoms with E-state index in [9.17, 15) is 20.4 Å². The van der Waals surface area contributed by atoms with Crippen LogP contribution in [-0.2, 0) is 0 Å². The molecule has 0 unspecified atom stereocenters. The third kappa shape index (κ3) is 1.69. The first-order chi connectivity index (χ1) is 5.46. The van der Waals surface area contributed by atoms with Gasteiger partial charge in [-0.25, -0.2) is 0 Å². The number of rotatable bonds is 0. The molecule has 1 aliphatic rings. The van der Waals surface area contributed by atoms with Crippen LogP contribution in [0.3, 0.4) is 0 Å². The molecule has 72 valence electrons. The summed E-state index contributed by atoms with van der Waals surface area (Å²) in [7, 11) is 0. The van der Waals surface area contributed by atoms with Gasteiger partial charge in [-0.15, -0.1) is 0 Å². The van der Waals surface area contributed by atoms with E-state index in [1.54, 1.807) is 0 Å². The Hall–Kier alpha value is 0.800. The van der Waals surface area contributed by atoms with Gasteiger partial charge in [-0.1, -0.05) is 31.9 Å². The summed E-state index contributed by atoms with van der Waals surface area (Å²) in [4.78, 5) is -0.934. The Bertz CT molecular complexity index is 109. The molecule has 1 rings (SSSR count). The van der Waals surface area contributed by atoms with Gasteiger partial charge >= 0.3 is 0 Å². The molecule has 0 aromatic rings. The fraction of sp³-hybridized carbons (Fsp3) is 1.00. The van der Waals surface area contributed by atoms with Crippen LogP contribution >= 0.6 is 31.9 Å². The largest absolute Gasteiger partial charge is 0.389 e. The molecule has 0 heterocycles. The smallest absolute Gasteiger partial charge is 0.109 e. The molecule has 4 N–H and O–H groups in total. The fourth-order valence-corrected chi connectivity index (χ4v) is 2.41. The Kier molecular flexibility index (Phi) is 3.53. The quantitative estimate of drug-likeness (QED) is 0.432. The highest BCUT2D eigenvalue weighted by Gasteiger charge is 2.46. The maximum absolute atomic E-state index is 9.31. The van der Waals surface area contributed by atoms with E-state index in [0.29, 0.717) is 0 Å². The molecule has 0 saturated heterocycles. The Balaban J connectivity index is 2.76. The lowest BCUT2D eigenvalue weighted by molar-refractivity contribution is -0.127. The number of hydrogen-bond acceptors (Lipinski definition) is 4. The van der Waals surface area contributed by atoms with Crippen molar-refractivity contribution < 1.29 is 20.4 Å². The molecule has 12 heavy (non-hydrogen) atoms. The molecule has 0 bridgehead atoms. The van der Waals surface area contributed by atoms with Crippen LogP contribution in [0.4, 0.5) is 0 Å². The minimum atomic E-state index is -1.31. The van der Waals surface area contributed by atoms with E-state index >= 15 is 0 Å². The van der Waals surface area contributed by atoms with Gasteiger partial charge in [0.1, 0.15) is 12.2 Å². The Morgan fingerprint density at radius 1 is 0.583 bits per heavy atom. The normalized spacial score (nSPS) is 55.5. The van der Waals surface area contributed by atoms with E-state index in [1.807, 2.05) is 0 Å². The highest BCUT2D eigenvalue weighted by Crippen LogP contribution is 2.31. The molecule has 1 fully saturated rings. The van der Waals surface area contributed by atoms with Crippen molar-refractivity contribution in [3.8, 4) is 0 Å². The molecule has 6 heteroatoms. The predicted molar refractivity (Wildman–Crippen MR) is 49.5 cm³/mol. The van der Waals surface area contributed by atoms with Gasteiger partial charge in [0.25, 0.3) is 0 Å². The van der Waals surface area contributed by atoms with E-state index in [2.05, 4.69) is 31.9 Å². The van der Waals surface area contributed by atoms with Crippen molar-refractivity contribution >= 4 is 31.9 Å². The molecule has 0 aliphatic heterocycles. The monoisotopic (exact) mass is 304 g/mol. The molecule has 1 saturated carbocycles. The van der Waals surface area contributed by atoms with E-state index in [0.717, 1.165) is 0 Å². The second kappa shape index (κ2) is 3.89. The van der Waals surface area contributed by atoms with Crippen molar-refractivity contribution in [3.05, 3.63) is 0 Å². The summed E-state index contributed by atoms with van der Waals surface area (Å²) in [6, 6.07) is 0. The lowest BCUT2D eigenvalue weighted by atomic mass is 9.89. The summed E-state index contributed by atoms with van der Waals surface area (Å²) >= 11 is 6.20. The molecule has 0 aromatic heterocycles. The van der Waals surface area contributed by atoms with Crippen LogP contribution < -0.4 is 0 Å². The van der Waals surface area contributed by atoms with Crippen LogP contribution in [0.1, 0.15) is 0 Å². The van der Waals surface area contributed by atoms with Crippen molar-refractivity contribution in [1.82, 2.24) is 0 Å². The maximum atomic E-state index is 9.31. The van der Waals surface area contributed by atoms with Crippen molar-refractivity contribution in [2.24, 2.45) is 0 Å². The van der Waals surface area contributed by atoms with E-state index in [1.165, 1.54) is 0 Å². The SMILES string of the molecule is O[C@H]1[C@H](O)[C@H](O)[C@@H](Br)[C@H](Br)[C@H]1O. The van der Waals surface area contributed by atoms with Gasteiger partial charge in [0.15, 0.2) is 0 Å². The zero-order valence-corrected chi connectivity index (χ0v) is 9.18. The van der Waals surface area contributed by atoms with Gasteiger partial charge in [0.2, 0.25) is 0 Å². The summed E-state index contributed by atoms with van der Waals surface area (Å²) in [5, 5.41) is 37.0.